The van der Waals surface area contributed by atoms with E-state index in [2.05, 4.69) is 20.8 Å². The third-order valence-corrected chi connectivity index (χ3v) is 5.96. The van der Waals surface area contributed by atoms with Gasteiger partial charge in [-0.1, -0.05) is 34.1 Å². The Morgan fingerprint density at radius 3 is 2.68 bits per heavy atom. The Labute approximate surface area is 123 Å². The molecule has 1 saturated heterocycles. The average Bonchev–Trinajstić information content (AvgIpc) is 2.54. The van der Waals surface area contributed by atoms with Crippen molar-refractivity contribution < 1.29 is 8.42 Å². The van der Waals surface area contributed by atoms with E-state index in [0.717, 1.165) is 16.6 Å². The largest absolute Gasteiger partial charge is 0.329 e. The summed E-state index contributed by atoms with van der Waals surface area (Å²) in [5.41, 5.74) is 7.04. The molecule has 0 amide bonds. The third kappa shape index (κ3) is 3.78. The molecule has 1 aliphatic rings. The molecule has 1 atom stereocenters. The van der Waals surface area contributed by atoms with E-state index in [-0.39, 0.29) is 17.5 Å². The SMILES string of the molecule is NCC(c1ccccc1Br)N1CCCS(=O)(=O)CC1. The highest BCUT2D eigenvalue weighted by Crippen LogP contribution is 2.28. The fourth-order valence-corrected chi connectivity index (χ4v) is 4.32. The number of halogens is 1. The van der Waals surface area contributed by atoms with Crippen molar-refractivity contribution in [1.29, 1.82) is 0 Å². The molecule has 0 aliphatic carbocycles. The van der Waals surface area contributed by atoms with Crippen LogP contribution < -0.4 is 5.73 Å². The molecule has 1 heterocycles. The van der Waals surface area contributed by atoms with Crippen LogP contribution in [0.25, 0.3) is 0 Å². The van der Waals surface area contributed by atoms with Gasteiger partial charge in [0.2, 0.25) is 0 Å². The highest BCUT2D eigenvalue weighted by atomic mass is 79.9. The summed E-state index contributed by atoms with van der Waals surface area (Å²) in [5, 5.41) is 0. The summed E-state index contributed by atoms with van der Waals surface area (Å²) in [6, 6.07) is 8.06. The lowest BCUT2D eigenvalue weighted by molar-refractivity contribution is 0.217. The first-order valence-corrected chi connectivity index (χ1v) is 9.04. The lowest BCUT2D eigenvalue weighted by Crippen LogP contribution is -2.36. The van der Waals surface area contributed by atoms with Gasteiger partial charge in [-0.3, -0.25) is 4.90 Å². The van der Waals surface area contributed by atoms with Crippen molar-refractivity contribution in [2.75, 3.05) is 31.1 Å². The molecule has 1 aliphatic heterocycles. The molecule has 106 valence electrons. The van der Waals surface area contributed by atoms with Gasteiger partial charge in [-0.15, -0.1) is 0 Å². The minimum absolute atomic E-state index is 0.0730. The Hall–Kier alpha value is -0.430. The highest BCUT2D eigenvalue weighted by molar-refractivity contribution is 9.10. The first-order chi connectivity index (χ1) is 9.03. The van der Waals surface area contributed by atoms with Crippen LogP contribution in [0.1, 0.15) is 18.0 Å². The van der Waals surface area contributed by atoms with E-state index in [1.807, 2.05) is 24.3 Å². The van der Waals surface area contributed by atoms with Gasteiger partial charge in [0.25, 0.3) is 0 Å². The second kappa shape index (κ2) is 6.35. The number of nitrogens with zero attached hydrogens (tertiary/aromatic N) is 1. The molecular formula is C13H19BrN2O2S. The number of hydrogen-bond donors (Lipinski definition) is 1. The molecule has 0 saturated carbocycles. The maximum atomic E-state index is 11.7. The number of benzene rings is 1. The van der Waals surface area contributed by atoms with E-state index in [9.17, 15) is 8.42 Å². The van der Waals surface area contributed by atoms with Crippen molar-refractivity contribution in [2.24, 2.45) is 5.73 Å². The molecule has 0 radical (unpaired) electrons. The van der Waals surface area contributed by atoms with Gasteiger partial charge in [0.1, 0.15) is 0 Å². The summed E-state index contributed by atoms with van der Waals surface area (Å²) in [4.78, 5) is 2.19. The molecule has 0 spiro atoms. The summed E-state index contributed by atoms with van der Waals surface area (Å²) in [6.45, 7) is 1.83. The predicted molar refractivity (Wildman–Crippen MR) is 80.8 cm³/mol. The minimum Gasteiger partial charge on any atom is -0.329 e. The van der Waals surface area contributed by atoms with E-state index in [0.29, 0.717) is 19.5 Å². The topological polar surface area (TPSA) is 63.4 Å². The summed E-state index contributed by atoms with van der Waals surface area (Å²) in [5.74, 6) is 0.519. The number of hydrogen-bond acceptors (Lipinski definition) is 4. The van der Waals surface area contributed by atoms with Crippen molar-refractivity contribution >= 4 is 25.8 Å². The molecule has 2 N–H and O–H groups in total. The summed E-state index contributed by atoms with van der Waals surface area (Å²) in [6.07, 6.45) is 0.684. The second-order valence-electron chi connectivity index (χ2n) is 4.81. The fraction of sp³-hybridized carbons (Fsp3) is 0.538. The van der Waals surface area contributed by atoms with E-state index in [4.69, 9.17) is 5.73 Å². The summed E-state index contributed by atoms with van der Waals surface area (Å²) >= 11 is 3.55. The normalized spacial score (nSPS) is 21.8. The van der Waals surface area contributed by atoms with Crippen molar-refractivity contribution in [3.63, 3.8) is 0 Å². The third-order valence-electron chi connectivity index (χ3n) is 3.52. The molecule has 19 heavy (non-hydrogen) atoms. The molecule has 6 heteroatoms. The predicted octanol–water partition coefficient (Wildman–Crippen LogP) is 1.57. The second-order valence-corrected chi connectivity index (χ2v) is 7.97. The van der Waals surface area contributed by atoms with E-state index in [1.165, 1.54) is 0 Å². The van der Waals surface area contributed by atoms with Crippen molar-refractivity contribution in [1.82, 2.24) is 4.90 Å². The maximum Gasteiger partial charge on any atom is 0.151 e. The van der Waals surface area contributed by atoms with Crippen LogP contribution in [0.15, 0.2) is 28.7 Å². The zero-order valence-electron chi connectivity index (χ0n) is 10.8. The van der Waals surface area contributed by atoms with Crippen LogP contribution in [-0.2, 0) is 9.84 Å². The molecule has 1 aromatic carbocycles. The number of rotatable bonds is 3. The Bertz CT molecular complexity index is 533. The lowest BCUT2D eigenvalue weighted by atomic mass is 10.1. The van der Waals surface area contributed by atoms with Gasteiger partial charge in [0.05, 0.1) is 11.5 Å². The first kappa shape index (κ1) is 15.0. The quantitative estimate of drug-likeness (QED) is 0.902. The minimum atomic E-state index is -2.88. The van der Waals surface area contributed by atoms with Crippen LogP contribution in [-0.4, -0.2) is 44.5 Å². The standard InChI is InChI=1S/C13H19BrN2O2S/c14-12-5-2-1-4-11(12)13(10-15)16-6-3-8-19(17,18)9-7-16/h1-2,4-5,13H,3,6-10,15H2. The molecule has 2 rings (SSSR count). The fourth-order valence-electron chi connectivity index (χ4n) is 2.49. The zero-order chi connectivity index (χ0) is 13.9. The Morgan fingerprint density at radius 2 is 2.00 bits per heavy atom. The molecule has 0 bridgehead atoms. The van der Waals surface area contributed by atoms with Gasteiger partial charge in [0, 0.05) is 23.6 Å². The molecule has 4 nitrogen and oxygen atoms in total. The van der Waals surface area contributed by atoms with Gasteiger partial charge in [-0.25, -0.2) is 8.42 Å². The Balaban J connectivity index is 2.21. The number of nitrogens with two attached hydrogens (primary N) is 1. The van der Waals surface area contributed by atoms with E-state index in [1.54, 1.807) is 0 Å². The van der Waals surface area contributed by atoms with Gasteiger partial charge in [-0.05, 0) is 24.6 Å². The molecule has 1 aromatic rings. The van der Waals surface area contributed by atoms with Crippen LogP contribution >= 0.6 is 15.9 Å². The van der Waals surface area contributed by atoms with Crippen LogP contribution in [0.2, 0.25) is 0 Å². The van der Waals surface area contributed by atoms with Gasteiger partial charge < -0.3 is 5.73 Å². The average molecular weight is 347 g/mol. The van der Waals surface area contributed by atoms with Crippen molar-refractivity contribution in [3.05, 3.63) is 34.3 Å². The molecule has 0 aromatic heterocycles. The van der Waals surface area contributed by atoms with Crippen LogP contribution in [0, 0.1) is 0 Å². The van der Waals surface area contributed by atoms with Gasteiger partial charge >= 0.3 is 0 Å². The van der Waals surface area contributed by atoms with E-state index >= 15 is 0 Å². The molecular weight excluding hydrogens is 328 g/mol. The van der Waals surface area contributed by atoms with Gasteiger partial charge in [-0.2, -0.15) is 0 Å². The smallest absolute Gasteiger partial charge is 0.151 e. The number of sulfone groups is 1. The van der Waals surface area contributed by atoms with Crippen molar-refractivity contribution in [3.8, 4) is 0 Å². The summed E-state index contributed by atoms with van der Waals surface area (Å²) < 4.78 is 24.4. The van der Waals surface area contributed by atoms with Gasteiger partial charge in [0.15, 0.2) is 9.84 Å². The molecule has 1 fully saturated rings. The van der Waals surface area contributed by atoms with Crippen LogP contribution in [0.5, 0.6) is 0 Å². The summed E-state index contributed by atoms with van der Waals surface area (Å²) in [7, 11) is -2.88. The Morgan fingerprint density at radius 1 is 1.26 bits per heavy atom. The zero-order valence-corrected chi connectivity index (χ0v) is 13.2. The highest BCUT2D eigenvalue weighted by Gasteiger charge is 2.25. The first-order valence-electron chi connectivity index (χ1n) is 6.42. The van der Waals surface area contributed by atoms with Crippen LogP contribution in [0.4, 0.5) is 0 Å². The van der Waals surface area contributed by atoms with Crippen molar-refractivity contribution in [2.45, 2.75) is 12.5 Å². The molecule has 1 unspecified atom stereocenters. The monoisotopic (exact) mass is 346 g/mol. The Kier molecular flexibility index (Phi) is 5.00. The maximum absolute atomic E-state index is 11.7. The van der Waals surface area contributed by atoms with E-state index < -0.39 is 9.84 Å². The van der Waals surface area contributed by atoms with Crippen LogP contribution in [0.3, 0.4) is 0 Å². The lowest BCUT2D eigenvalue weighted by Gasteiger charge is -2.30.